The number of aliphatic hydroxyl groups excluding tert-OH is 5. The maximum Gasteiger partial charge on any atom is 0.312 e. The average Bonchev–Trinajstić information content (AvgIpc) is 1.49. The second kappa shape index (κ2) is 33.9. The van der Waals surface area contributed by atoms with Crippen LogP contribution in [0.3, 0.4) is 0 Å². The van der Waals surface area contributed by atoms with E-state index in [4.69, 9.17) is 47.9 Å². The van der Waals surface area contributed by atoms with Crippen molar-refractivity contribution in [3.63, 3.8) is 0 Å². The molecule has 8 aromatic rings. The molecule has 29 nitrogen and oxygen atoms in total. The van der Waals surface area contributed by atoms with Crippen molar-refractivity contribution in [1.82, 2.24) is 19.1 Å². The van der Waals surface area contributed by atoms with Crippen LogP contribution in [0.25, 0.3) is 71.4 Å². The summed E-state index contributed by atoms with van der Waals surface area (Å²) in [6, 6.07) is 9.77. The van der Waals surface area contributed by atoms with Crippen LogP contribution < -0.4 is 41.6 Å². The van der Waals surface area contributed by atoms with E-state index in [1.54, 1.807) is 116 Å². The van der Waals surface area contributed by atoms with Gasteiger partial charge in [0.25, 0.3) is 17.6 Å². The number of nitrogens with one attached hydrogen (secondary N) is 2. The van der Waals surface area contributed by atoms with Crippen LogP contribution in [0.2, 0.25) is 0 Å². The number of esters is 2. The number of aryl methyl sites for hydroxylation is 3. The van der Waals surface area contributed by atoms with Crippen LogP contribution in [-0.2, 0) is 61.7 Å². The molecule has 8 bridgehead atoms. The lowest BCUT2D eigenvalue weighted by molar-refractivity contribution is -0.161. The van der Waals surface area contributed by atoms with Gasteiger partial charge in [-0.2, -0.15) is 0 Å². The van der Waals surface area contributed by atoms with E-state index in [0.29, 0.717) is 22.1 Å². The smallest absolute Gasteiger partial charge is 0.312 e. The number of phenols is 2. The molecule has 4 aliphatic rings. The fourth-order valence-electron chi connectivity index (χ4n) is 16.6. The number of aliphatic hydroxyl groups is 5. The number of carbonyl (C=O) groups excluding carboxylic acids is 5. The number of aromatic nitrogens is 4. The van der Waals surface area contributed by atoms with E-state index in [0.717, 1.165) is 5.56 Å². The Morgan fingerprint density at radius 2 is 0.966 bits per heavy atom. The molecule has 18 atom stereocenters. The highest BCUT2D eigenvalue weighted by atomic mass is 16.7. The quantitative estimate of drug-likeness (QED) is 0.0342. The van der Waals surface area contributed by atoms with E-state index in [-0.39, 0.29) is 105 Å². The first-order valence-corrected chi connectivity index (χ1v) is 39.1. The van der Waals surface area contributed by atoms with Gasteiger partial charge in [-0.3, -0.25) is 38.4 Å². The molecule has 2 aromatic heterocycles. The van der Waals surface area contributed by atoms with Crippen molar-refractivity contribution in [3.05, 3.63) is 167 Å². The molecule has 6 heterocycles. The van der Waals surface area contributed by atoms with Crippen LogP contribution in [0, 0.1) is 68.1 Å². The highest BCUT2D eigenvalue weighted by Crippen LogP contribution is 2.50. The summed E-state index contributed by atoms with van der Waals surface area (Å²) in [5, 5.41) is 86.8. The van der Waals surface area contributed by atoms with Gasteiger partial charge in [0.1, 0.15) is 40.8 Å². The fraction of sp³-hybridized carbons (Fsp3) is 0.438. The highest BCUT2D eigenvalue weighted by molar-refractivity contribution is 6.27. The number of benzene rings is 6. The fourth-order valence-corrected chi connectivity index (χ4v) is 16.6. The minimum Gasteiger partial charge on any atom is -0.507 e. The molecule has 0 saturated heterocycles. The number of hydrogen-bond donors (Lipinski definition) is 9. The number of allylic oxidation sites excluding steroid dienone is 4. The lowest BCUT2D eigenvalue weighted by Gasteiger charge is -2.38. The Hall–Kier alpha value is -11.3. The number of ketones is 1. The minimum absolute atomic E-state index is 0.0105. The van der Waals surface area contributed by atoms with Gasteiger partial charge in [0.15, 0.2) is 22.4 Å². The van der Waals surface area contributed by atoms with Crippen LogP contribution in [0.15, 0.2) is 123 Å². The van der Waals surface area contributed by atoms with Crippen molar-refractivity contribution in [2.45, 2.75) is 178 Å². The summed E-state index contributed by atoms with van der Waals surface area (Å²) in [5.74, 6) is -13.4. The van der Waals surface area contributed by atoms with Gasteiger partial charge in [0.05, 0.1) is 115 Å². The standard InChI is InChI=1S/C45H53N3O11.C44H51N3O12/c1-20-15-16-28-29(19-20)48(10)36-34(46-28)31-32-39(52)26(7)42-33(31)43(54)45(9,59-42)57-18-17-30(56-11)23(4)41(58-27(8)49)25(6)38(51)24(5)37(50)21(2)13-12-14-22(3)44(55)47-35(36)40(32)53;1-19-12-11-13-20(2)43(55)46-34-35-33(45-27-15-14-26(49)18-28(27)47(35)9)30-31(39(34)53)38(52)24(6)41-32(30)42(54)44(8,59-41)57-17-16-29(56-10)21(3)40(58-25(7)48)23(5)37(51)22(4)36(19)50/h12-19,21,23-25,30,37-38,41,50-51,53H,1-11H3,(H,47,55);11-19,21-23,29,36-37,40,50-52,54H,1-10H3,(H,46,55)/b13-12+,18-17+,22-14-;12-11+,17-16+,20-13-/t21-,23+,24+,25+,30-,37-,38+,41+,45-;19-,21+,22+,23+,29-,36-,37+,40+,44-/m00/s1. The number of fused-ring (bicyclic) bond motifs is 4. The normalized spacial score (nSPS) is 30.1. The number of Topliss-reactive ketones (excluding diaryl/α,β-unsaturated/α-hetero) is 1. The molecule has 12 rings (SSSR count). The summed E-state index contributed by atoms with van der Waals surface area (Å²) in [6.45, 7) is 27.3. The number of carbonyl (C=O) groups is 5. The minimum atomic E-state index is -2.00. The Labute approximate surface area is 680 Å². The molecular weight excluding hydrogens is 1520 g/mol. The van der Waals surface area contributed by atoms with Gasteiger partial charge in [0, 0.05) is 142 Å². The largest absolute Gasteiger partial charge is 0.507 e. The van der Waals surface area contributed by atoms with Gasteiger partial charge in [-0.1, -0.05) is 97.9 Å². The van der Waals surface area contributed by atoms with Gasteiger partial charge in [-0.15, -0.1) is 0 Å². The van der Waals surface area contributed by atoms with Gasteiger partial charge in [0.2, 0.25) is 5.43 Å². The predicted octanol–water partition coefficient (Wildman–Crippen LogP) is 10.4. The molecule has 0 aliphatic carbocycles. The summed E-state index contributed by atoms with van der Waals surface area (Å²) in [7, 11) is 6.24. The number of amides is 2. The maximum absolute atomic E-state index is 14.7. The van der Waals surface area contributed by atoms with E-state index in [2.05, 4.69) is 10.6 Å². The number of hydrogen-bond acceptors (Lipinski definition) is 25. The third-order valence-electron chi connectivity index (χ3n) is 23.9. The van der Waals surface area contributed by atoms with Gasteiger partial charge < -0.3 is 93.4 Å². The molecule has 2 amide bonds. The topological polar surface area (TPSA) is 412 Å². The maximum atomic E-state index is 14.7. The lowest BCUT2D eigenvalue weighted by atomic mass is 9.78. The van der Waals surface area contributed by atoms with Crippen LogP contribution in [0.4, 0.5) is 11.4 Å². The number of methoxy groups -OCH3 is 2. The van der Waals surface area contributed by atoms with E-state index in [1.807, 2.05) is 25.1 Å². The second-order valence-corrected chi connectivity index (χ2v) is 32.1. The molecular formula is C89H104N6O23. The number of aromatic hydroxyl groups is 2. The van der Waals surface area contributed by atoms with Crippen molar-refractivity contribution >= 4 is 112 Å². The Balaban J connectivity index is 0.000000231. The van der Waals surface area contributed by atoms with Crippen molar-refractivity contribution < 1.29 is 97.6 Å². The zero-order valence-corrected chi connectivity index (χ0v) is 69.9. The molecule has 29 heteroatoms. The van der Waals surface area contributed by atoms with Crippen LogP contribution >= 0.6 is 0 Å². The number of nitrogens with zero attached hydrogens (tertiary/aromatic N) is 4. The molecule has 118 heavy (non-hydrogen) atoms. The Kier molecular flexibility index (Phi) is 25.2. The molecule has 628 valence electrons. The molecule has 6 aromatic carbocycles. The number of anilines is 2. The lowest BCUT2D eigenvalue weighted by Crippen LogP contribution is -2.46. The summed E-state index contributed by atoms with van der Waals surface area (Å²) in [4.78, 5) is 118. The third-order valence-corrected chi connectivity index (χ3v) is 23.9. The number of ether oxygens (including phenoxy) is 8. The van der Waals surface area contributed by atoms with Gasteiger partial charge in [-0.25, -0.2) is 9.97 Å². The predicted molar refractivity (Wildman–Crippen MR) is 445 cm³/mol. The summed E-state index contributed by atoms with van der Waals surface area (Å²) >= 11 is 0. The first kappa shape index (κ1) is 87.5. The van der Waals surface area contributed by atoms with Crippen molar-refractivity contribution in [1.29, 1.82) is 0 Å². The second-order valence-electron chi connectivity index (χ2n) is 32.1. The van der Waals surface area contributed by atoms with E-state index < -0.39 is 165 Å². The first-order valence-electron chi connectivity index (χ1n) is 39.1. The average molecular weight is 1630 g/mol. The number of phenolic OH excluding ortho intramolecular Hbond substituents is 2. The van der Waals surface area contributed by atoms with Crippen LogP contribution in [-0.4, -0.2) is 159 Å². The molecule has 9 N–H and O–H groups in total. The van der Waals surface area contributed by atoms with E-state index >= 15 is 0 Å². The summed E-state index contributed by atoms with van der Waals surface area (Å²) in [6.07, 6.45) is 7.49. The zero-order chi connectivity index (χ0) is 86.8. The first-order chi connectivity index (χ1) is 55.5. The zero-order valence-electron chi connectivity index (χ0n) is 69.9. The van der Waals surface area contributed by atoms with Crippen molar-refractivity contribution in [2.24, 2.45) is 61.4 Å². The molecule has 4 aliphatic heterocycles. The molecule has 0 spiro atoms. The summed E-state index contributed by atoms with van der Waals surface area (Å²) in [5.41, 5.74) is 1.81. The number of rotatable bonds is 4. The SMILES string of the molecule is CO[C@H]1/C=C/O[C@@]2(C)Oc3c(C)c(=O)c4c(O)c(c5c(nc6ccc(C)cc6n5C)c4c3C2=O)NC(=O)/C(C)=C\C=C\[C@H](C)[C@H](O)[C@@H](C)[C@@H](O)[C@@H](C)[C@H](OC(C)=O)[C@@H]1C.CO[C@H]1/C=C/O[C@@]2(C)Oc3c(C)c(O)c4c(=O)c(c5c(nc6ccc(=O)cc6n5C)c4c3=C2O)NC(=O)/C(C)=C\C=C\[C@H](C)[C@H](O)[C@@H](C)[C@@H](O)[C@@H](C)[C@H](OC(C)=O)[C@@H]1C. The van der Waals surface area contributed by atoms with E-state index in [9.17, 15) is 74.1 Å². The molecule has 0 radical (unpaired) electrons. The highest BCUT2D eigenvalue weighted by Gasteiger charge is 2.51. The molecule has 0 unspecified atom stereocenters. The Morgan fingerprint density at radius 3 is 1.47 bits per heavy atom. The Morgan fingerprint density at radius 1 is 0.517 bits per heavy atom. The van der Waals surface area contributed by atoms with Gasteiger partial charge >= 0.3 is 23.5 Å². The Bertz CT molecular complexity index is 5900. The monoisotopic (exact) mass is 1620 g/mol. The van der Waals surface area contributed by atoms with E-state index in [1.165, 1.54) is 112 Å². The molecule has 0 fully saturated rings. The van der Waals surface area contributed by atoms with Crippen molar-refractivity contribution in [2.75, 3.05) is 24.9 Å². The van der Waals surface area contributed by atoms with Crippen LogP contribution in [0.1, 0.15) is 124 Å². The third kappa shape index (κ3) is 15.8. The van der Waals surface area contributed by atoms with Crippen LogP contribution in [0.5, 0.6) is 23.0 Å². The molecule has 0 saturated carbocycles. The summed E-state index contributed by atoms with van der Waals surface area (Å²) < 4.78 is 51.0. The van der Waals surface area contributed by atoms with Crippen molar-refractivity contribution in [3.8, 4) is 23.0 Å². The van der Waals surface area contributed by atoms with Gasteiger partial charge in [-0.05, 0) is 76.6 Å².